The molecular weight excluding hydrogens is 1640 g/mol. The Labute approximate surface area is 819 Å². The predicted molar refractivity (Wildman–Crippen MR) is 581 cm³/mol. The van der Waals surface area contributed by atoms with Gasteiger partial charge in [-0.2, -0.15) is 0 Å². The van der Waals surface area contributed by atoms with Crippen molar-refractivity contribution in [3.05, 3.63) is 466 Å². The molecule has 0 unspecified atom stereocenters. The van der Waals surface area contributed by atoms with Crippen LogP contribution in [-0.4, -0.2) is 24.4 Å². The van der Waals surface area contributed by atoms with E-state index in [-0.39, 0.29) is 74.3 Å². The molecule has 670 valence electrons. The molecule has 0 bridgehead atoms. The van der Waals surface area contributed by atoms with Gasteiger partial charge in [-0.3, -0.25) is 0 Å². The van der Waals surface area contributed by atoms with Crippen LogP contribution in [0, 0.1) is 0 Å². The first-order valence-corrected chi connectivity index (χ1v) is 49.5. The lowest BCUT2D eigenvalue weighted by Crippen LogP contribution is -2.62. The predicted octanol–water partition coefficient (Wildman–Crippen LogP) is 32.4. The summed E-state index contributed by atoms with van der Waals surface area (Å²) in [4.78, 5) is 5.12. The number of aromatic nitrogens is 1. The van der Waals surface area contributed by atoms with Crippen LogP contribution in [0.4, 0.5) is 22.7 Å². The van der Waals surface area contributed by atoms with E-state index < -0.39 is 35.0 Å². The Morgan fingerprint density at radius 2 is 0.588 bits per heavy atom. The van der Waals surface area contributed by atoms with Crippen molar-refractivity contribution in [3.63, 3.8) is 0 Å². The monoisotopic (exact) mass is 1770 g/mol. The Morgan fingerprint density at radius 3 is 0.963 bits per heavy atom. The van der Waals surface area contributed by atoms with Crippen molar-refractivity contribution in [2.75, 3.05) is 22.9 Å². The first-order valence-electron chi connectivity index (χ1n) is 53.5. The van der Waals surface area contributed by atoms with Gasteiger partial charge in [-0.25, -0.2) is 0 Å². The van der Waals surface area contributed by atoms with Gasteiger partial charge in [0.2, 0.25) is 0 Å². The van der Waals surface area contributed by atoms with E-state index >= 15 is 0 Å². The fourth-order valence-corrected chi connectivity index (χ4v) is 23.2. The lowest BCUT2D eigenvalue weighted by molar-refractivity contribution is 0.568. The molecule has 0 saturated heterocycles. The van der Waals surface area contributed by atoms with E-state index in [4.69, 9.17) is 0 Å². The highest BCUT2D eigenvalue weighted by molar-refractivity contribution is 7.00. The maximum absolute atomic E-state index is 10.1. The minimum absolute atomic E-state index is 0.0493. The normalized spacial score (nSPS) is 14.7. The molecule has 0 N–H and O–H groups in total. The van der Waals surface area contributed by atoms with Crippen LogP contribution in [0.1, 0.15) is 223 Å². The average Bonchev–Trinajstić information content (AvgIpc) is 1.56. The molecule has 0 spiro atoms. The highest BCUT2D eigenvalue weighted by Crippen LogP contribution is 2.60. The van der Waals surface area contributed by atoms with Crippen LogP contribution in [0.5, 0.6) is 0 Å². The summed E-state index contributed by atoms with van der Waals surface area (Å²) >= 11 is 0. The molecule has 4 heteroatoms. The fraction of sp³-hybridized carbons (Fsp3) is 0.227. The van der Waals surface area contributed by atoms with E-state index in [1.165, 1.54) is 133 Å². The molecule has 3 nitrogen and oxygen atoms in total. The molecule has 0 saturated carbocycles. The van der Waals surface area contributed by atoms with Gasteiger partial charge in [0.15, 0.2) is 0 Å². The third-order valence-corrected chi connectivity index (χ3v) is 30.3. The molecule has 4 aliphatic rings. The smallest absolute Gasteiger partial charge is 0.252 e. The number of para-hydroxylation sites is 2. The van der Waals surface area contributed by atoms with Crippen molar-refractivity contribution in [2.45, 2.75) is 180 Å². The molecule has 2 aliphatic heterocycles. The zero-order valence-corrected chi connectivity index (χ0v) is 80.7. The molecule has 0 amide bonds. The van der Waals surface area contributed by atoms with Gasteiger partial charge < -0.3 is 14.4 Å². The van der Waals surface area contributed by atoms with E-state index in [2.05, 4.69) is 433 Å². The standard InChI is InChI=1S/C132H124BN3/c1-127(2,3)101-77-95(78-102(85-101)128(4,5)6)91-69-73-118-122(83-91)134(75-43-15-13-21-45-89-47-31-33-57-106(89)93-67-71-110-108-59-35-39-63-114(108)131(116(110)81-93,97-49-23-17-24-50-97)98-51-25-18-26-52-98)124-87-105(136-120-65-41-37-61-112(120)113-62-38-42-66-121(113)136)88-125-126(124)133(118)119-74-70-92(96-79-103(129(7,8)9)86-104(80-96)130(10,11)12)84-123(119)135(125)76-44-16-14-22-46-90-48-32-34-58-107(90)94-68-72-111-109-60-36-40-64-115(109)132(117(111)82-94,99-53-27-19-28-54-99)100-55-29-20-30-56-100/h17-20,23-42,47-74,77-88H,13-16,21-22,43-46,75-76H2,1-12H3/i37D,38D,41D,42D,61D,62D,65D,66D. The summed E-state index contributed by atoms with van der Waals surface area (Å²) in [5.41, 5.74) is 38.6. The molecule has 2 aliphatic carbocycles. The lowest BCUT2D eigenvalue weighted by Gasteiger charge is -2.45. The van der Waals surface area contributed by atoms with E-state index in [9.17, 15) is 11.0 Å². The Balaban J connectivity index is 0.672. The third-order valence-electron chi connectivity index (χ3n) is 30.3. The van der Waals surface area contributed by atoms with Crippen LogP contribution in [0.25, 0.3) is 94.3 Å². The van der Waals surface area contributed by atoms with E-state index in [0.29, 0.717) is 18.8 Å². The highest BCUT2D eigenvalue weighted by atomic mass is 15.2. The number of aryl methyl sites for hydroxylation is 2. The third kappa shape index (κ3) is 15.3. The van der Waals surface area contributed by atoms with Crippen molar-refractivity contribution in [1.82, 2.24) is 4.57 Å². The largest absolute Gasteiger partial charge is 0.342 e. The summed E-state index contributed by atoms with van der Waals surface area (Å²) in [6, 6.07) is 125. The van der Waals surface area contributed by atoms with Crippen molar-refractivity contribution in [1.29, 1.82) is 0 Å². The Morgan fingerprint density at radius 1 is 0.265 bits per heavy atom. The maximum atomic E-state index is 10.1. The Hall–Kier alpha value is -13.8. The topological polar surface area (TPSA) is 11.4 Å². The van der Waals surface area contributed by atoms with Crippen LogP contribution in [0.3, 0.4) is 0 Å². The number of unbranched alkanes of at least 4 members (excludes halogenated alkanes) is 6. The average molecular weight is 1770 g/mol. The van der Waals surface area contributed by atoms with Gasteiger partial charge in [0.1, 0.15) is 0 Å². The second-order valence-corrected chi connectivity index (χ2v) is 42.8. The molecular formula is C132H124BN3. The molecule has 0 atom stereocenters. The van der Waals surface area contributed by atoms with Crippen LogP contribution in [-0.2, 0) is 45.3 Å². The lowest BCUT2D eigenvalue weighted by atomic mass is 9.33. The minimum Gasteiger partial charge on any atom is -0.342 e. The molecule has 1 aromatic heterocycles. The van der Waals surface area contributed by atoms with Gasteiger partial charge in [-0.1, -0.05) is 448 Å². The first kappa shape index (κ1) is 78.5. The van der Waals surface area contributed by atoms with Gasteiger partial charge in [-0.15, -0.1) is 0 Å². The fourth-order valence-electron chi connectivity index (χ4n) is 23.2. The van der Waals surface area contributed by atoms with E-state index in [1.54, 1.807) is 4.57 Å². The summed E-state index contributed by atoms with van der Waals surface area (Å²) in [6.07, 6.45) is 9.07. The van der Waals surface area contributed by atoms with Crippen LogP contribution in [0.15, 0.2) is 388 Å². The highest BCUT2D eigenvalue weighted by Gasteiger charge is 2.49. The first-order chi connectivity index (χ1) is 69.3. The minimum atomic E-state index is -0.534. The van der Waals surface area contributed by atoms with Gasteiger partial charge in [0.05, 0.1) is 38.5 Å². The van der Waals surface area contributed by atoms with E-state index in [1.807, 2.05) is 0 Å². The Kier molecular flexibility index (Phi) is 20.1. The number of hydrogen-bond donors (Lipinski definition) is 0. The van der Waals surface area contributed by atoms with Gasteiger partial charge in [0, 0.05) is 46.6 Å². The number of anilines is 4. The number of fused-ring (bicyclic) bond motifs is 13. The van der Waals surface area contributed by atoms with Crippen molar-refractivity contribution in [2.24, 2.45) is 0 Å². The molecule has 17 aromatic carbocycles. The van der Waals surface area contributed by atoms with Crippen molar-refractivity contribution >= 4 is 67.7 Å². The molecule has 3 heterocycles. The number of benzene rings is 17. The number of hydrogen-bond acceptors (Lipinski definition) is 2. The second-order valence-electron chi connectivity index (χ2n) is 42.8. The molecule has 0 radical (unpaired) electrons. The number of nitrogens with zero attached hydrogens (tertiary/aromatic N) is 3. The SMILES string of the molecule is [2H]c1c([2H])c([2H])c2c(c1[2H])c1c([2H])c([2H])c([2H])c([2H])c1n2-c1cc2c3c(c1)N(CCCCCCc1ccccc1-c1ccc4c(c1)C(c1ccccc1)(c1ccccc1)c1ccccc1-4)c1cc(-c4cc(C(C)(C)C)cc(C(C)(C)C)c4)ccc1B3c1ccc(-c3cc(C(C)(C)C)cc(C(C)(C)C)c3)cc1N2CCCCCCc1ccccc1-c1ccc2c(c1)C(c1ccccc1)(c1ccccc1)c1ccccc1-2. The van der Waals surface area contributed by atoms with Crippen LogP contribution in [0.2, 0.25) is 0 Å². The summed E-state index contributed by atoms with van der Waals surface area (Å²) in [6.45, 7) is 28.5. The zero-order chi connectivity index (χ0) is 100.0. The summed E-state index contributed by atoms with van der Waals surface area (Å²) in [5, 5.41) is 0.0985. The quantitative estimate of drug-likeness (QED) is 0.0467. The second kappa shape index (κ2) is 34.8. The molecule has 136 heavy (non-hydrogen) atoms. The zero-order valence-electron chi connectivity index (χ0n) is 88.7. The molecule has 18 aromatic rings. The summed E-state index contributed by atoms with van der Waals surface area (Å²) in [7, 11) is 0. The van der Waals surface area contributed by atoms with Gasteiger partial charge in [0.25, 0.3) is 6.71 Å². The molecule has 22 rings (SSSR count). The van der Waals surface area contributed by atoms with Crippen molar-refractivity contribution < 1.29 is 11.0 Å². The van der Waals surface area contributed by atoms with Gasteiger partial charge in [-0.05, 0) is 270 Å². The number of rotatable bonds is 23. The molecule has 0 fully saturated rings. The summed E-state index contributed by atoms with van der Waals surface area (Å²) < 4.78 is 79.4. The van der Waals surface area contributed by atoms with Crippen molar-refractivity contribution in [3.8, 4) is 72.4 Å². The van der Waals surface area contributed by atoms with Crippen LogP contribution < -0.4 is 26.2 Å². The maximum Gasteiger partial charge on any atom is 0.252 e. The Bertz CT molecular complexity index is 7500. The van der Waals surface area contributed by atoms with E-state index in [0.717, 1.165) is 115 Å². The van der Waals surface area contributed by atoms with Crippen LogP contribution >= 0.6 is 0 Å². The van der Waals surface area contributed by atoms with Gasteiger partial charge >= 0.3 is 0 Å². The summed E-state index contributed by atoms with van der Waals surface area (Å²) in [5.74, 6) is 0.